The predicted molar refractivity (Wildman–Crippen MR) is 375 cm³/mol. The minimum Gasteiger partial charge on any atom is -0.506 e. The van der Waals surface area contributed by atoms with Crippen LogP contribution in [0, 0.1) is 5.41 Å². The Morgan fingerprint density at radius 1 is 0.337 bits per heavy atom. The summed E-state index contributed by atoms with van der Waals surface area (Å²) in [5.41, 5.74) is -1.07. The average Bonchev–Trinajstić information content (AvgIpc) is 0.791. The Kier molecular flexibility index (Phi) is 58.8. The molecular weight excluding hydrogens is 1380 g/mol. The second-order valence-electron chi connectivity index (χ2n) is 25.9. The maximum absolute atomic E-state index is 12.8. The van der Waals surface area contributed by atoms with E-state index in [0.29, 0.717) is 19.8 Å². The van der Waals surface area contributed by atoms with Gasteiger partial charge in [-0.15, -0.1) is 0 Å². The van der Waals surface area contributed by atoms with Gasteiger partial charge >= 0.3 is 0 Å². The summed E-state index contributed by atoms with van der Waals surface area (Å²) in [4.78, 5) is 0. The van der Waals surface area contributed by atoms with Gasteiger partial charge in [0.1, 0.15) is 48.8 Å². The highest BCUT2D eigenvalue weighted by atomic mass is 16.7. The van der Waals surface area contributed by atoms with Gasteiger partial charge < -0.3 is 164 Å². The van der Waals surface area contributed by atoms with Gasteiger partial charge in [0.25, 0.3) is 0 Å². The largest absolute Gasteiger partial charge is 0.506 e. The average molecular weight is 1520 g/mol. The van der Waals surface area contributed by atoms with E-state index in [0.717, 1.165) is 116 Å². The van der Waals surface area contributed by atoms with Crippen LogP contribution in [-0.4, -0.2) is 315 Å². The maximum Gasteiger partial charge on any atom is 0.217 e. The molecule has 0 bridgehead atoms. The lowest BCUT2D eigenvalue weighted by Gasteiger charge is -2.39. The molecule has 0 amide bonds. The summed E-state index contributed by atoms with van der Waals surface area (Å²) in [5, 5.41) is 206. The second-order valence-corrected chi connectivity index (χ2v) is 25.9. The molecule has 1 aliphatic heterocycles. The van der Waals surface area contributed by atoms with Gasteiger partial charge in [0.2, 0.25) is 25.2 Å². The maximum atomic E-state index is 12.8. The van der Waals surface area contributed by atoms with E-state index in [1.807, 2.05) is 0 Å². The van der Waals surface area contributed by atoms with Gasteiger partial charge in [-0.2, -0.15) is 0 Å². The van der Waals surface area contributed by atoms with Crippen molar-refractivity contribution in [2.75, 3.05) is 132 Å². The monoisotopic (exact) mass is 1510 g/mol. The van der Waals surface area contributed by atoms with Crippen LogP contribution in [-0.2, 0) is 61.6 Å². The SMILES string of the molecule is CCCCCCCCOCC(COCCCCCCCC)(COCCCCCCCC)CO[C@H](O)/C(OCCCO[C@H](O)/C(O)=C(/O)[C@H](O)CCO)=C(\OCCCO[C@@H]1OC(CO)[C@@H](O)C(O)C1O)[C@@H](CCOCCCO[C@H](O)/C(O)=C(\O)[C@H](O)CCO)OCCCO[C@H](O)/C(O)=C(\O)[C@H](O)CCO. The number of hydrogen-bond acceptors (Lipinski definition) is 33. The van der Waals surface area contributed by atoms with Crippen LogP contribution in [0.5, 0.6) is 0 Å². The molecule has 1 rings (SSSR count). The van der Waals surface area contributed by atoms with Crippen LogP contribution in [0.2, 0.25) is 0 Å². The standard InChI is InChI=1S/C71H134O33/c1-4-7-10-13-16-19-33-93-46-71(47-94-34-20-17-14-11-8-5-2,48-95-35-21-18-15-12-9-6-3)49-103-69(91)65(98-39-24-42-101-68(90)62(86)57(81)52(78)28-32-74)64(97-38-25-43-102-70-63(87)59(83)58(82)54(45-75)104-70)53(96-37-23-41-100-67(89)61(85)56(80)51(77)27-31-73)29-44-92-36-22-40-99-66(88)60(84)55(79)50(76)26-30-72/h50-54,58-59,63,66-70,72-91H,4-49H2,1-3H3/b60-55+,61-56+,62-57-,65-64+/t50-,51-,52-,53-,54?,58-,59?,63?,66+,67+,68+,69+,70-/m1/s1. The Bertz CT molecular complexity index is 2140. The Morgan fingerprint density at radius 2 is 0.702 bits per heavy atom. The zero-order valence-corrected chi connectivity index (χ0v) is 61.8. The lowest BCUT2D eigenvalue weighted by Crippen LogP contribution is -2.59. The first-order valence-electron chi connectivity index (χ1n) is 37.3. The summed E-state index contributed by atoms with van der Waals surface area (Å²) >= 11 is 0. The molecule has 0 saturated carbocycles. The molecule has 0 aromatic carbocycles. The fourth-order valence-electron chi connectivity index (χ4n) is 10.4. The molecule has 33 nitrogen and oxygen atoms in total. The number of rotatable bonds is 71. The molecule has 1 saturated heterocycles. The highest BCUT2D eigenvalue weighted by Gasteiger charge is 2.44. The topological polar surface area (TPSA) is 525 Å². The number of ether oxygens (including phenoxy) is 13. The Labute approximate surface area is 613 Å². The molecule has 3 unspecified atom stereocenters. The fraction of sp³-hybridized carbons (Fsp3) is 0.887. The van der Waals surface area contributed by atoms with E-state index < -0.39 is 166 Å². The van der Waals surface area contributed by atoms with E-state index in [2.05, 4.69) is 20.8 Å². The molecule has 104 heavy (non-hydrogen) atoms. The number of unbranched alkanes of at least 4 members (excludes halogenated alkanes) is 15. The first-order valence-corrected chi connectivity index (χ1v) is 37.3. The number of hydrogen-bond donors (Lipinski definition) is 20. The van der Waals surface area contributed by atoms with Crippen LogP contribution >= 0.6 is 0 Å². The highest BCUT2D eigenvalue weighted by Crippen LogP contribution is 2.29. The van der Waals surface area contributed by atoms with Gasteiger partial charge in [-0.05, 0) is 32.1 Å². The molecule has 20 N–H and O–H groups in total. The Hall–Kier alpha value is -3.64. The third-order valence-electron chi connectivity index (χ3n) is 16.7. The molecule has 0 radical (unpaired) electrons. The van der Waals surface area contributed by atoms with Crippen molar-refractivity contribution >= 4 is 0 Å². The smallest absolute Gasteiger partial charge is 0.217 e. The van der Waals surface area contributed by atoms with Crippen LogP contribution in [0.25, 0.3) is 0 Å². The summed E-state index contributed by atoms with van der Waals surface area (Å²) in [6.07, 6.45) is -6.32. The van der Waals surface area contributed by atoms with Crippen LogP contribution < -0.4 is 0 Å². The summed E-state index contributed by atoms with van der Waals surface area (Å²) < 4.78 is 78.6. The third kappa shape index (κ3) is 42.4. The molecule has 616 valence electrons. The predicted octanol–water partition coefficient (Wildman–Crippen LogP) is 4.07. The van der Waals surface area contributed by atoms with Gasteiger partial charge in [0, 0.05) is 98.0 Å². The quantitative estimate of drug-likeness (QED) is 0.0232. The van der Waals surface area contributed by atoms with Gasteiger partial charge in [0.05, 0.1) is 78.1 Å². The number of aliphatic hydroxyl groups excluding tert-OH is 20. The van der Waals surface area contributed by atoms with Crippen molar-refractivity contribution in [1.29, 1.82) is 0 Å². The van der Waals surface area contributed by atoms with Crippen molar-refractivity contribution in [2.45, 2.75) is 268 Å². The van der Waals surface area contributed by atoms with E-state index in [9.17, 15) is 97.0 Å². The molecular formula is C71H134O33. The Balaban J connectivity index is 4.21. The van der Waals surface area contributed by atoms with Crippen molar-refractivity contribution in [3.8, 4) is 0 Å². The first-order chi connectivity index (χ1) is 50.1. The zero-order valence-electron chi connectivity index (χ0n) is 61.8. The van der Waals surface area contributed by atoms with E-state index >= 15 is 0 Å². The Morgan fingerprint density at radius 3 is 1.12 bits per heavy atom. The van der Waals surface area contributed by atoms with Gasteiger partial charge in [0.15, 0.2) is 52.4 Å². The van der Waals surface area contributed by atoms with Crippen molar-refractivity contribution in [3.05, 3.63) is 46.1 Å². The minimum absolute atomic E-state index is 0.0564. The third-order valence-corrected chi connectivity index (χ3v) is 16.7. The van der Waals surface area contributed by atoms with Gasteiger partial charge in [-0.25, -0.2) is 0 Å². The lowest BCUT2D eigenvalue weighted by atomic mass is 9.92. The van der Waals surface area contributed by atoms with Gasteiger partial charge in [-0.3, -0.25) is 0 Å². The van der Waals surface area contributed by atoms with Crippen molar-refractivity contribution in [1.82, 2.24) is 0 Å². The van der Waals surface area contributed by atoms with E-state index in [1.165, 1.54) is 0 Å². The van der Waals surface area contributed by atoms with Crippen molar-refractivity contribution < 1.29 is 164 Å². The van der Waals surface area contributed by atoms with E-state index in [4.69, 9.17) is 66.7 Å². The molecule has 1 heterocycles. The second kappa shape index (κ2) is 62.2. The summed E-state index contributed by atoms with van der Waals surface area (Å²) in [7, 11) is 0. The van der Waals surface area contributed by atoms with E-state index in [-0.39, 0.29) is 130 Å². The number of aliphatic hydroxyl groups is 20. The molecule has 0 aromatic rings. The summed E-state index contributed by atoms with van der Waals surface area (Å²) in [6, 6.07) is 0. The minimum atomic E-state index is -2.17. The fourth-order valence-corrected chi connectivity index (χ4v) is 10.4. The molecule has 33 heteroatoms. The molecule has 0 aliphatic carbocycles. The van der Waals surface area contributed by atoms with Crippen molar-refractivity contribution in [2.24, 2.45) is 5.41 Å². The summed E-state index contributed by atoms with van der Waals surface area (Å²) in [6.45, 7) is 2.56. The molecule has 0 aromatic heterocycles. The van der Waals surface area contributed by atoms with Gasteiger partial charge in [-0.1, -0.05) is 117 Å². The first kappa shape index (κ1) is 98.4. The molecule has 0 spiro atoms. The van der Waals surface area contributed by atoms with Crippen LogP contribution in [0.15, 0.2) is 46.1 Å². The molecule has 13 atom stereocenters. The summed E-state index contributed by atoms with van der Waals surface area (Å²) in [5.74, 6) is -7.10. The highest BCUT2D eigenvalue weighted by molar-refractivity contribution is 5.11. The zero-order chi connectivity index (χ0) is 77.3. The van der Waals surface area contributed by atoms with Crippen molar-refractivity contribution in [3.63, 3.8) is 0 Å². The van der Waals surface area contributed by atoms with E-state index in [1.54, 1.807) is 0 Å². The molecule has 1 aliphatic rings. The molecule has 1 fully saturated rings. The van der Waals surface area contributed by atoms with Crippen LogP contribution in [0.1, 0.15) is 188 Å². The van der Waals surface area contributed by atoms with Crippen LogP contribution in [0.3, 0.4) is 0 Å². The normalized spacial score (nSPS) is 20.0. The van der Waals surface area contributed by atoms with Crippen LogP contribution in [0.4, 0.5) is 0 Å². The lowest BCUT2D eigenvalue weighted by molar-refractivity contribution is -0.301.